The van der Waals surface area contributed by atoms with E-state index in [1.165, 1.54) is 44.2 Å². The molecular formula is C52H52Na4O24S4. The molecule has 8 rings (SSSR count). The van der Waals surface area contributed by atoms with E-state index in [0.717, 1.165) is 78.1 Å². The van der Waals surface area contributed by atoms with Gasteiger partial charge in [0.1, 0.15) is 77.8 Å². The van der Waals surface area contributed by atoms with Gasteiger partial charge >= 0.3 is 118 Å². The summed E-state index contributed by atoms with van der Waals surface area (Å²) in [6, 6.07) is 17.1. The molecule has 0 aliphatic heterocycles. The molecule has 432 valence electrons. The van der Waals surface area contributed by atoms with Gasteiger partial charge in [-0.2, -0.15) is 0 Å². The van der Waals surface area contributed by atoms with E-state index in [-0.39, 0.29) is 158 Å². The molecule has 0 aliphatic carbocycles. The Kier molecular flexibility index (Phi) is 31.6. The zero-order valence-corrected chi connectivity index (χ0v) is 59.3. The molecule has 0 aromatic carbocycles. The fourth-order valence-electron chi connectivity index (χ4n) is 7.18. The molecule has 0 spiro atoms. The molecular weight excluding hydrogens is 1230 g/mol. The summed E-state index contributed by atoms with van der Waals surface area (Å²) in [5, 5.41) is -1.38. The van der Waals surface area contributed by atoms with E-state index < -0.39 is 91.5 Å². The number of carbonyl (C=O) groups is 4. The standard InChI is InChI=1S/C14H14O7S.C14H18O5S.C12H10O7S.C12H14O5S.4Na/c1-7-4-12(20-8(7)2)10(15)5-11(16)13-6-14(9(3)21-13)22(17,18)19;1-9-7-12(18-10(9)2)5-4-6-13-8-14(11(3)19-13)20(15,16)17;1-7-2-3-10(18-7)8(13)6-9(14)11-4-5-12(19-11)20(15,16)17;1-9-5-6-10(16-9)3-2-4-11-7-8-12(17-11)18(13,14)15;;;;/h4,6H,5H2,1-3H3,(H,17,18,19);7-8H,4-6H2,1-3H3,(H,15,16,17);2-5H,6H2,1H3,(H,15,16,17);5-8H,2-4H2,1H3,(H,13,14,15);;;;/q;;;;4*+1/p-4. The SMILES string of the molecule is Cc1cc(C(=O)CC(=O)c2cc(S(=O)(=O)[O-])c(C)o2)oc1C.Cc1cc(CCCc2cc(S(=O)(=O)[O-])c(C)o2)oc1C.Cc1ccc(C(=O)CC(=O)c2ccc(S(=O)(=O)[O-])o2)o1.Cc1ccc(CCCc2ccc(S(=O)(=O)[O-])o2)o1.[Na+].[Na+].[Na+].[Na+]. The molecule has 24 nitrogen and oxygen atoms in total. The summed E-state index contributed by atoms with van der Waals surface area (Å²) in [6.45, 7) is 13.6. The Balaban J connectivity index is 0.000000552. The predicted octanol–water partition coefficient (Wildman–Crippen LogP) is -3.15. The Morgan fingerprint density at radius 3 is 1.11 bits per heavy atom. The molecule has 8 heterocycles. The molecule has 8 aromatic heterocycles. The van der Waals surface area contributed by atoms with Crippen LogP contribution in [0.2, 0.25) is 0 Å². The van der Waals surface area contributed by atoms with Crippen LogP contribution < -0.4 is 118 Å². The van der Waals surface area contributed by atoms with Crippen molar-refractivity contribution in [1.29, 1.82) is 0 Å². The summed E-state index contributed by atoms with van der Waals surface area (Å²) in [7, 11) is -18.4. The van der Waals surface area contributed by atoms with Crippen LogP contribution in [-0.2, 0) is 66.2 Å². The van der Waals surface area contributed by atoms with Crippen molar-refractivity contribution in [3.63, 3.8) is 0 Å². The van der Waals surface area contributed by atoms with Gasteiger partial charge in [0, 0.05) is 31.7 Å². The van der Waals surface area contributed by atoms with Crippen LogP contribution >= 0.6 is 0 Å². The van der Waals surface area contributed by atoms with Gasteiger partial charge < -0.3 is 53.5 Å². The van der Waals surface area contributed by atoms with Gasteiger partial charge in [0.2, 0.25) is 33.3 Å². The summed E-state index contributed by atoms with van der Waals surface area (Å²) in [6.07, 6.45) is 3.05. The minimum absolute atomic E-state index is 0. The van der Waals surface area contributed by atoms with Crippen LogP contribution in [0.4, 0.5) is 0 Å². The van der Waals surface area contributed by atoms with E-state index in [0.29, 0.717) is 35.9 Å². The van der Waals surface area contributed by atoms with Crippen LogP contribution in [0.15, 0.2) is 128 Å². The van der Waals surface area contributed by atoms with Gasteiger partial charge in [-0.1, -0.05) is 0 Å². The topological polar surface area (TPSA) is 402 Å². The zero-order valence-electron chi connectivity index (χ0n) is 48.0. The zero-order chi connectivity index (χ0) is 59.7. The van der Waals surface area contributed by atoms with E-state index >= 15 is 0 Å². The van der Waals surface area contributed by atoms with Crippen LogP contribution in [-0.4, -0.2) is 75.0 Å². The monoisotopic (exact) mass is 1280 g/mol. The normalized spacial score (nSPS) is 11.2. The molecule has 0 saturated heterocycles. The second-order valence-corrected chi connectivity index (χ2v) is 23.1. The van der Waals surface area contributed by atoms with Crippen LogP contribution in [0.1, 0.15) is 137 Å². The minimum atomic E-state index is -4.77. The van der Waals surface area contributed by atoms with Crippen molar-refractivity contribution in [2.75, 3.05) is 0 Å². The Hall–Kier alpha value is -3.44. The van der Waals surface area contributed by atoms with E-state index in [4.69, 9.17) is 30.9 Å². The van der Waals surface area contributed by atoms with Crippen LogP contribution in [0.5, 0.6) is 0 Å². The third kappa shape index (κ3) is 23.9. The number of furan rings is 8. The summed E-state index contributed by atoms with van der Waals surface area (Å²) in [5.41, 5.74) is 1.90. The largest absolute Gasteiger partial charge is 1.00 e. The predicted molar refractivity (Wildman–Crippen MR) is 270 cm³/mol. The van der Waals surface area contributed by atoms with E-state index in [2.05, 4.69) is 4.42 Å². The first kappa shape index (κ1) is 78.6. The first-order valence-corrected chi connectivity index (χ1v) is 29.3. The second kappa shape index (κ2) is 33.8. The third-order valence-corrected chi connectivity index (χ3v) is 14.7. The van der Waals surface area contributed by atoms with Crippen molar-refractivity contribution in [3.05, 3.63) is 165 Å². The van der Waals surface area contributed by atoms with Crippen molar-refractivity contribution in [2.45, 2.75) is 127 Å². The summed E-state index contributed by atoms with van der Waals surface area (Å²) in [4.78, 5) is 46.5. The molecule has 32 heteroatoms. The smallest absolute Gasteiger partial charge is 0.744 e. The van der Waals surface area contributed by atoms with Crippen molar-refractivity contribution in [1.82, 2.24) is 0 Å². The fraction of sp³-hybridized carbons (Fsp3) is 0.308. The molecule has 0 radical (unpaired) electrons. The first-order chi connectivity index (χ1) is 37.1. The number of carbonyl (C=O) groups excluding carboxylic acids is 4. The van der Waals surface area contributed by atoms with E-state index in [1.807, 2.05) is 39.0 Å². The van der Waals surface area contributed by atoms with Gasteiger partial charge in [-0.15, -0.1) is 0 Å². The minimum Gasteiger partial charge on any atom is -0.744 e. The summed E-state index contributed by atoms with van der Waals surface area (Å²) in [5.74, 6) is 2.41. The average molecular weight is 1280 g/mol. The summed E-state index contributed by atoms with van der Waals surface area (Å²) < 4.78 is 171. The first-order valence-electron chi connectivity index (χ1n) is 23.7. The van der Waals surface area contributed by atoms with Gasteiger partial charge in [-0.05, 0) is 146 Å². The van der Waals surface area contributed by atoms with Crippen molar-refractivity contribution >= 4 is 63.6 Å². The Morgan fingerprint density at radius 1 is 0.345 bits per heavy atom. The molecule has 84 heavy (non-hydrogen) atoms. The van der Waals surface area contributed by atoms with Gasteiger partial charge in [-0.3, -0.25) is 19.2 Å². The maximum atomic E-state index is 12.0. The Bertz CT molecular complexity index is 3950. The van der Waals surface area contributed by atoms with Crippen molar-refractivity contribution in [2.24, 2.45) is 0 Å². The van der Waals surface area contributed by atoms with Gasteiger partial charge in [0.15, 0.2) is 43.3 Å². The number of Topliss-reactive ketones (excluding diaryl/α,β-unsaturated/α-hetero) is 4. The summed E-state index contributed by atoms with van der Waals surface area (Å²) >= 11 is 0. The molecule has 0 unspecified atom stereocenters. The second-order valence-electron chi connectivity index (χ2n) is 17.8. The maximum absolute atomic E-state index is 12.0. The van der Waals surface area contributed by atoms with Crippen molar-refractivity contribution < 1.29 is 225 Å². The van der Waals surface area contributed by atoms with E-state index in [1.54, 1.807) is 26.8 Å². The van der Waals surface area contributed by atoms with Gasteiger partial charge in [0.05, 0.1) is 22.6 Å². The molecule has 0 atom stereocenters. The fourth-order valence-corrected chi connectivity index (χ4v) is 9.36. The van der Waals surface area contributed by atoms with Crippen LogP contribution in [0.3, 0.4) is 0 Å². The number of rotatable bonds is 20. The Morgan fingerprint density at radius 2 is 0.702 bits per heavy atom. The molecule has 0 N–H and O–H groups in total. The molecule has 0 aliphatic rings. The van der Waals surface area contributed by atoms with Gasteiger partial charge in [0.25, 0.3) is 0 Å². The molecule has 0 bridgehead atoms. The third-order valence-electron chi connectivity index (χ3n) is 11.4. The number of hydrogen-bond acceptors (Lipinski definition) is 24. The Labute approximate surface area is 572 Å². The van der Waals surface area contributed by atoms with Crippen molar-refractivity contribution in [3.8, 4) is 0 Å². The maximum Gasteiger partial charge on any atom is 1.00 e. The van der Waals surface area contributed by atoms with Gasteiger partial charge in [-0.25, -0.2) is 33.7 Å². The molecule has 0 amide bonds. The molecule has 0 saturated carbocycles. The van der Waals surface area contributed by atoms with E-state index in [9.17, 15) is 71.1 Å². The average Bonchev–Trinajstić information content (AvgIpc) is 4.21. The molecule has 0 fully saturated rings. The van der Waals surface area contributed by atoms with Crippen LogP contribution in [0.25, 0.3) is 0 Å². The number of hydrogen-bond donors (Lipinski definition) is 0. The quantitative estimate of drug-likeness (QED) is 0.0315. The number of ketones is 4. The number of aryl methyl sites for hydroxylation is 12. The molecule has 8 aromatic rings. The van der Waals surface area contributed by atoms with Crippen LogP contribution in [0, 0.1) is 55.4 Å².